The third-order valence-corrected chi connectivity index (χ3v) is 4.07. The van der Waals surface area contributed by atoms with Crippen molar-refractivity contribution in [2.24, 2.45) is 0 Å². The van der Waals surface area contributed by atoms with E-state index in [0.717, 1.165) is 12.1 Å². The summed E-state index contributed by atoms with van der Waals surface area (Å²) in [6.07, 6.45) is 5.53. The van der Waals surface area contributed by atoms with Crippen molar-refractivity contribution in [3.8, 4) is 12.3 Å². The van der Waals surface area contributed by atoms with Crippen LogP contribution in [0.25, 0.3) is 0 Å². The molecule has 0 heterocycles. The van der Waals surface area contributed by atoms with Crippen LogP contribution in [0.15, 0.2) is 23.1 Å². The smallest absolute Gasteiger partial charge is 0.258 e. The Bertz CT molecular complexity index is 637. The van der Waals surface area contributed by atoms with E-state index in [9.17, 15) is 18.5 Å². The molecule has 102 valence electrons. The second-order valence-electron chi connectivity index (χ2n) is 3.62. The Morgan fingerprint density at radius 3 is 2.68 bits per heavy atom. The predicted molar refractivity (Wildman–Crippen MR) is 71.3 cm³/mol. The first kappa shape index (κ1) is 15.4. The van der Waals surface area contributed by atoms with E-state index in [-0.39, 0.29) is 5.02 Å². The van der Waals surface area contributed by atoms with Crippen LogP contribution in [-0.2, 0) is 10.0 Å². The van der Waals surface area contributed by atoms with Gasteiger partial charge in [-0.3, -0.25) is 10.1 Å². The summed E-state index contributed by atoms with van der Waals surface area (Å²) >= 11 is 5.62. The normalized spacial score (nSPS) is 12.7. The maximum Gasteiger partial charge on any atom is 0.290 e. The van der Waals surface area contributed by atoms with Crippen LogP contribution < -0.4 is 4.72 Å². The topological polar surface area (TPSA) is 89.3 Å². The zero-order valence-electron chi connectivity index (χ0n) is 9.96. The molecular formula is C11H11ClN2O4S. The van der Waals surface area contributed by atoms with Gasteiger partial charge in [0.15, 0.2) is 4.90 Å². The van der Waals surface area contributed by atoms with Crippen LogP contribution in [-0.4, -0.2) is 19.4 Å². The summed E-state index contributed by atoms with van der Waals surface area (Å²) in [5.41, 5.74) is -0.591. The Morgan fingerprint density at radius 2 is 2.21 bits per heavy atom. The van der Waals surface area contributed by atoms with Gasteiger partial charge >= 0.3 is 0 Å². The van der Waals surface area contributed by atoms with Gasteiger partial charge in [-0.2, -0.15) is 4.72 Å². The van der Waals surface area contributed by atoms with Crippen molar-refractivity contribution in [3.63, 3.8) is 0 Å². The number of hydrogen-bond acceptors (Lipinski definition) is 4. The lowest BCUT2D eigenvalue weighted by atomic mass is 10.3. The molecule has 0 fully saturated rings. The average Bonchev–Trinajstić information content (AvgIpc) is 2.35. The second-order valence-corrected chi connectivity index (χ2v) is 5.74. The number of nitro benzene ring substituents is 1. The highest BCUT2D eigenvalue weighted by Gasteiger charge is 2.27. The van der Waals surface area contributed by atoms with Gasteiger partial charge in [0.25, 0.3) is 5.69 Å². The lowest BCUT2D eigenvalue weighted by Crippen LogP contribution is -2.33. The minimum absolute atomic E-state index is 0.0784. The number of terminal acetylenes is 1. The minimum atomic E-state index is -4.07. The number of rotatable bonds is 5. The molecule has 8 heteroatoms. The molecule has 0 radical (unpaired) electrons. The number of sulfonamides is 1. The molecule has 0 aliphatic carbocycles. The molecule has 6 nitrogen and oxygen atoms in total. The highest BCUT2D eigenvalue weighted by molar-refractivity contribution is 7.89. The molecule has 1 rings (SSSR count). The van der Waals surface area contributed by atoms with Crippen LogP contribution in [0.2, 0.25) is 5.02 Å². The minimum Gasteiger partial charge on any atom is -0.258 e. The molecule has 1 atom stereocenters. The van der Waals surface area contributed by atoms with Gasteiger partial charge in [-0.25, -0.2) is 8.42 Å². The average molecular weight is 303 g/mol. The fourth-order valence-corrected chi connectivity index (χ4v) is 2.90. The molecule has 0 aliphatic rings. The van der Waals surface area contributed by atoms with E-state index in [1.165, 1.54) is 6.07 Å². The molecule has 1 aromatic carbocycles. The zero-order chi connectivity index (χ0) is 14.6. The van der Waals surface area contributed by atoms with E-state index in [1.807, 2.05) is 0 Å². The van der Waals surface area contributed by atoms with E-state index in [0.29, 0.717) is 6.42 Å². The molecule has 1 unspecified atom stereocenters. The molecule has 0 saturated carbocycles. The molecule has 0 aromatic heterocycles. The highest BCUT2D eigenvalue weighted by Crippen LogP contribution is 2.27. The Balaban J connectivity index is 3.30. The SMILES string of the molecule is C#CC(CC)NS(=O)(=O)c1ccc(Cl)cc1[N+](=O)[O-]. The quantitative estimate of drug-likeness (QED) is 0.511. The Morgan fingerprint density at radius 1 is 1.58 bits per heavy atom. The van der Waals surface area contributed by atoms with Gasteiger partial charge in [0, 0.05) is 11.1 Å². The van der Waals surface area contributed by atoms with E-state index >= 15 is 0 Å². The monoisotopic (exact) mass is 302 g/mol. The second kappa shape index (κ2) is 6.02. The van der Waals surface area contributed by atoms with Gasteiger partial charge in [0.1, 0.15) is 0 Å². The third-order valence-electron chi connectivity index (χ3n) is 2.31. The summed E-state index contributed by atoms with van der Waals surface area (Å²) in [6, 6.07) is 2.60. The Labute approximate surface area is 116 Å². The molecule has 0 amide bonds. The lowest BCUT2D eigenvalue weighted by Gasteiger charge is -2.11. The van der Waals surface area contributed by atoms with Crippen molar-refractivity contribution in [2.45, 2.75) is 24.3 Å². The largest absolute Gasteiger partial charge is 0.290 e. The van der Waals surface area contributed by atoms with Crippen LogP contribution >= 0.6 is 11.6 Å². The first-order valence-corrected chi connectivity index (χ1v) is 7.10. The number of nitrogens with zero attached hydrogens (tertiary/aromatic N) is 1. The molecule has 0 saturated heterocycles. The maximum atomic E-state index is 12.0. The number of benzene rings is 1. The van der Waals surface area contributed by atoms with E-state index in [1.54, 1.807) is 6.92 Å². The van der Waals surface area contributed by atoms with Crippen molar-refractivity contribution in [3.05, 3.63) is 33.3 Å². The molecule has 0 spiro atoms. The lowest BCUT2D eigenvalue weighted by molar-refractivity contribution is -0.387. The van der Waals surface area contributed by atoms with Crippen LogP contribution in [0.1, 0.15) is 13.3 Å². The number of nitro groups is 1. The predicted octanol–water partition coefficient (Wildman–Crippen LogP) is 1.94. The van der Waals surface area contributed by atoms with Crippen molar-refractivity contribution < 1.29 is 13.3 Å². The van der Waals surface area contributed by atoms with Crippen molar-refractivity contribution in [1.29, 1.82) is 0 Å². The van der Waals surface area contributed by atoms with Gasteiger partial charge in [0.05, 0.1) is 11.0 Å². The van der Waals surface area contributed by atoms with E-state index in [2.05, 4.69) is 10.6 Å². The van der Waals surface area contributed by atoms with Crippen LogP contribution in [0, 0.1) is 22.5 Å². The van der Waals surface area contributed by atoms with Crippen LogP contribution in [0.5, 0.6) is 0 Å². The summed E-state index contributed by atoms with van der Waals surface area (Å²) in [6.45, 7) is 1.70. The first-order valence-electron chi connectivity index (χ1n) is 5.24. The Kier molecular flexibility index (Phi) is 4.89. The summed E-state index contributed by atoms with van der Waals surface area (Å²) in [4.78, 5) is 9.59. The van der Waals surface area contributed by atoms with Gasteiger partial charge in [0.2, 0.25) is 10.0 Å². The molecule has 1 aromatic rings. The molecule has 0 bridgehead atoms. The summed E-state index contributed by atoms with van der Waals surface area (Å²) in [5.74, 6) is 2.25. The fourth-order valence-electron chi connectivity index (χ4n) is 1.35. The van der Waals surface area contributed by atoms with Gasteiger partial charge in [-0.1, -0.05) is 24.4 Å². The standard InChI is InChI=1S/C11H11ClN2O4S/c1-3-9(4-2)13-19(17,18)11-6-5-8(12)7-10(11)14(15)16/h1,5-7,9,13H,4H2,2H3. The molecule has 0 aliphatic heterocycles. The first-order chi connectivity index (χ1) is 8.81. The maximum absolute atomic E-state index is 12.0. The highest BCUT2D eigenvalue weighted by atomic mass is 35.5. The van der Waals surface area contributed by atoms with Gasteiger partial charge in [-0.15, -0.1) is 6.42 Å². The van der Waals surface area contributed by atoms with Crippen molar-refractivity contribution in [1.82, 2.24) is 4.72 Å². The zero-order valence-corrected chi connectivity index (χ0v) is 11.5. The number of hydrogen-bond donors (Lipinski definition) is 1. The Hall–Kier alpha value is -1.62. The van der Waals surface area contributed by atoms with Gasteiger partial charge in [-0.05, 0) is 18.6 Å². The fraction of sp³-hybridized carbons (Fsp3) is 0.273. The number of halogens is 1. The van der Waals surface area contributed by atoms with Crippen molar-refractivity contribution in [2.75, 3.05) is 0 Å². The van der Waals surface area contributed by atoms with Gasteiger partial charge < -0.3 is 0 Å². The summed E-state index contributed by atoms with van der Waals surface area (Å²) < 4.78 is 26.3. The summed E-state index contributed by atoms with van der Waals surface area (Å²) in [5, 5.41) is 10.9. The van der Waals surface area contributed by atoms with Crippen molar-refractivity contribution >= 4 is 27.3 Å². The van der Waals surface area contributed by atoms with E-state index < -0.39 is 31.6 Å². The third kappa shape index (κ3) is 3.67. The molecule has 1 N–H and O–H groups in total. The van der Waals surface area contributed by atoms with Crippen LogP contribution in [0.4, 0.5) is 5.69 Å². The molecule has 19 heavy (non-hydrogen) atoms. The molecular weight excluding hydrogens is 292 g/mol. The summed E-state index contributed by atoms with van der Waals surface area (Å²) in [7, 11) is -4.07. The van der Waals surface area contributed by atoms with E-state index in [4.69, 9.17) is 18.0 Å². The number of nitrogens with one attached hydrogen (secondary N) is 1. The van der Waals surface area contributed by atoms with Crippen LogP contribution in [0.3, 0.4) is 0 Å².